The highest BCUT2D eigenvalue weighted by Crippen LogP contribution is 2.25. The summed E-state index contributed by atoms with van der Waals surface area (Å²) in [4.78, 5) is 25.0. The van der Waals surface area contributed by atoms with E-state index in [1.54, 1.807) is 38.3 Å². The van der Waals surface area contributed by atoms with E-state index in [0.717, 1.165) is 5.03 Å². The van der Waals surface area contributed by atoms with E-state index in [0.29, 0.717) is 17.1 Å². The number of aromatic nitrogens is 2. The van der Waals surface area contributed by atoms with Gasteiger partial charge in [-0.25, -0.2) is 9.48 Å². The summed E-state index contributed by atoms with van der Waals surface area (Å²) in [7, 11) is 2.88. The summed E-state index contributed by atoms with van der Waals surface area (Å²) in [5.41, 5.74) is 0.663. The number of esters is 1. The smallest absolute Gasteiger partial charge is 0.356 e. The Hall–Kier alpha value is -2.48. The number of hydrogen-bond acceptors (Lipinski definition) is 6. The lowest BCUT2D eigenvalue weighted by molar-refractivity contribution is 0.0512. The number of benzene rings is 1. The minimum Gasteiger partial charge on any atom is -0.497 e. The molecular weight excluding hydrogens is 356 g/mol. The summed E-state index contributed by atoms with van der Waals surface area (Å²) in [5, 5.41) is 5.16. The number of ether oxygens (including phenoxy) is 3. The van der Waals surface area contributed by atoms with Crippen molar-refractivity contribution in [1.29, 1.82) is 0 Å². The predicted octanol–water partition coefficient (Wildman–Crippen LogP) is 2.20. The highest BCUT2D eigenvalue weighted by atomic mass is 32.2. The highest BCUT2D eigenvalue weighted by molar-refractivity contribution is 7.95. The highest BCUT2D eigenvalue weighted by Gasteiger charge is 2.25. The fourth-order valence-electron chi connectivity index (χ4n) is 2.33. The molecule has 0 amide bonds. The third kappa shape index (κ3) is 4.37. The minimum atomic E-state index is -0.494. The van der Waals surface area contributed by atoms with Gasteiger partial charge in [-0.05, 0) is 19.1 Å². The van der Waals surface area contributed by atoms with E-state index in [9.17, 15) is 9.59 Å². The standard InChI is InChI=1S/C18H23N2O5S/c1-6-25-18(22)14-10-17(26(4)5)19-20(14)11-15(21)13-8-7-12(23-2)9-16(13)24-3/h7-10H,6,11H2,1-5H3/q+1. The number of hydrogen-bond donors (Lipinski definition) is 0. The summed E-state index contributed by atoms with van der Waals surface area (Å²) in [6, 6.07) is 6.65. The molecule has 0 atom stereocenters. The monoisotopic (exact) mass is 379 g/mol. The predicted molar refractivity (Wildman–Crippen MR) is 99.5 cm³/mol. The van der Waals surface area contributed by atoms with Crippen LogP contribution in [0.25, 0.3) is 0 Å². The Kier molecular flexibility index (Phi) is 6.68. The fourth-order valence-corrected chi connectivity index (χ4v) is 2.94. The van der Waals surface area contributed by atoms with Gasteiger partial charge in [-0.1, -0.05) is 0 Å². The van der Waals surface area contributed by atoms with Gasteiger partial charge < -0.3 is 14.2 Å². The molecule has 0 aliphatic rings. The van der Waals surface area contributed by atoms with Crippen LogP contribution in [0.5, 0.6) is 11.5 Å². The SMILES string of the molecule is CCOC(=O)c1cc([S+](C)C)nn1CC(=O)c1ccc(OC)cc1OC. The molecule has 0 saturated carbocycles. The molecule has 1 heterocycles. The van der Waals surface area contributed by atoms with Gasteiger partial charge >= 0.3 is 5.97 Å². The van der Waals surface area contributed by atoms with Crippen molar-refractivity contribution in [2.75, 3.05) is 33.3 Å². The topological polar surface area (TPSA) is 79.7 Å². The van der Waals surface area contributed by atoms with Crippen LogP contribution in [-0.4, -0.2) is 54.9 Å². The van der Waals surface area contributed by atoms with Crippen molar-refractivity contribution in [1.82, 2.24) is 9.78 Å². The second kappa shape index (κ2) is 8.75. The second-order valence-electron chi connectivity index (χ2n) is 5.55. The molecule has 2 rings (SSSR count). The quantitative estimate of drug-likeness (QED) is 0.397. The normalized spacial score (nSPS) is 10.7. The van der Waals surface area contributed by atoms with Crippen LogP contribution in [0, 0.1) is 0 Å². The molecule has 0 N–H and O–H groups in total. The zero-order valence-electron chi connectivity index (χ0n) is 15.6. The number of methoxy groups -OCH3 is 2. The van der Waals surface area contributed by atoms with Gasteiger partial charge in [0.25, 0.3) is 5.03 Å². The fraction of sp³-hybridized carbons (Fsp3) is 0.389. The van der Waals surface area contributed by atoms with Gasteiger partial charge in [0.2, 0.25) is 0 Å². The van der Waals surface area contributed by atoms with Crippen LogP contribution in [0.3, 0.4) is 0 Å². The molecule has 26 heavy (non-hydrogen) atoms. The maximum atomic E-state index is 12.8. The zero-order valence-corrected chi connectivity index (χ0v) is 16.4. The summed E-state index contributed by atoms with van der Waals surface area (Å²) < 4.78 is 16.9. The first kappa shape index (κ1) is 19.8. The molecule has 0 aliphatic heterocycles. The van der Waals surface area contributed by atoms with E-state index in [1.807, 2.05) is 12.5 Å². The number of rotatable bonds is 8. The number of Topliss-reactive ketones (excluding diaryl/α,β-unsaturated/α-hetero) is 1. The van der Waals surface area contributed by atoms with Crippen LogP contribution in [0.2, 0.25) is 0 Å². The van der Waals surface area contributed by atoms with Crippen LogP contribution in [0.1, 0.15) is 27.8 Å². The van der Waals surface area contributed by atoms with E-state index in [4.69, 9.17) is 14.2 Å². The van der Waals surface area contributed by atoms with Crippen LogP contribution < -0.4 is 9.47 Å². The Morgan fingerprint density at radius 1 is 1.15 bits per heavy atom. The summed E-state index contributed by atoms with van der Waals surface area (Å²) in [5.74, 6) is 0.279. The van der Waals surface area contributed by atoms with Crippen molar-refractivity contribution in [2.45, 2.75) is 18.5 Å². The van der Waals surface area contributed by atoms with Gasteiger partial charge in [0.05, 0.1) is 26.4 Å². The Morgan fingerprint density at radius 2 is 1.88 bits per heavy atom. The molecule has 140 valence electrons. The molecule has 1 aromatic heterocycles. The average Bonchev–Trinajstić information content (AvgIpc) is 3.05. The van der Waals surface area contributed by atoms with Crippen molar-refractivity contribution >= 4 is 22.6 Å². The Bertz CT molecular complexity index is 801. The molecule has 0 fully saturated rings. The molecule has 0 spiro atoms. The number of carbonyl (C=O) groups excluding carboxylic acids is 2. The van der Waals surface area contributed by atoms with Gasteiger partial charge in [-0.3, -0.25) is 4.79 Å². The Labute approximate surface area is 155 Å². The average molecular weight is 379 g/mol. The molecule has 0 saturated heterocycles. The maximum Gasteiger partial charge on any atom is 0.356 e. The number of nitrogens with zero attached hydrogens (tertiary/aromatic N) is 2. The zero-order chi connectivity index (χ0) is 19.3. The first-order valence-corrected chi connectivity index (χ1v) is 10.0. The molecular formula is C18H23N2O5S+. The van der Waals surface area contributed by atoms with E-state index in [2.05, 4.69) is 5.10 Å². The molecule has 0 aliphatic carbocycles. The summed E-state index contributed by atoms with van der Waals surface area (Å²) >= 11 is 0. The molecule has 0 bridgehead atoms. The molecule has 2 aromatic rings. The van der Waals surface area contributed by atoms with E-state index in [-0.39, 0.29) is 35.5 Å². The van der Waals surface area contributed by atoms with Crippen LogP contribution in [-0.2, 0) is 22.2 Å². The molecule has 1 aromatic carbocycles. The van der Waals surface area contributed by atoms with Crippen molar-refractivity contribution < 1.29 is 23.8 Å². The molecule has 8 heteroatoms. The van der Waals surface area contributed by atoms with Gasteiger partial charge in [0.1, 0.15) is 30.6 Å². The van der Waals surface area contributed by atoms with Crippen LogP contribution >= 0.6 is 0 Å². The van der Waals surface area contributed by atoms with Crippen molar-refractivity contribution in [3.63, 3.8) is 0 Å². The lowest BCUT2D eigenvalue weighted by atomic mass is 10.1. The number of ketones is 1. The third-order valence-electron chi connectivity index (χ3n) is 3.66. The van der Waals surface area contributed by atoms with Crippen LogP contribution in [0.4, 0.5) is 0 Å². The summed E-state index contributed by atoms with van der Waals surface area (Å²) in [6.07, 6.45) is 3.99. The molecule has 0 radical (unpaired) electrons. The van der Waals surface area contributed by atoms with Gasteiger partial charge in [0, 0.05) is 23.0 Å². The largest absolute Gasteiger partial charge is 0.497 e. The lowest BCUT2D eigenvalue weighted by Gasteiger charge is -2.10. The van der Waals surface area contributed by atoms with E-state index < -0.39 is 5.97 Å². The van der Waals surface area contributed by atoms with Gasteiger partial charge in [0.15, 0.2) is 11.5 Å². The maximum absolute atomic E-state index is 12.8. The summed E-state index contributed by atoms with van der Waals surface area (Å²) in [6.45, 7) is 1.90. The van der Waals surface area contributed by atoms with E-state index in [1.165, 1.54) is 11.8 Å². The Morgan fingerprint density at radius 3 is 2.46 bits per heavy atom. The molecule has 7 nitrogen and oxygen atoms in total. The van der Waals surface area contributed by atoms with E-state index >= 15 is 0 Å². The minimum absolute atomic E-state index is 0.0892. The van der Waals surface area contributed by atoms with Crippen LogP contribution in [0.15, 0.2) is 29.3 Å². The number of carbonyl (C=O) groups is 2. The first-order chi connectivity index (χ1) is 12.4. The lowest BCUT2D eigenvalue weighted by Crippen LogP contribution is -2.19. The van der Waals surface area contributed by atoms with Crippen molar-refractivity contribution in [3.8, 4) is 11.5 Å². The van der Waals surface area contributed by atoms with Gasteiger partial charge in [-0.15, -0.1) is 5.10 Å². The van der Waals surface area contributed by atoms with Crippen molar-refractivity contribution in [2.24, 2.45) is 0 Å². The molecule has 0 unspecified atom stereocenters. The third-order valence-corrected chi connectivity index (χ3v) is 4.70. The second-order valence-corrected chi connectivity index (χ2v) is 7.60. The first-order valence-electron chi connectivity index (χ1n) is 7.99. The Balaban J connectivity index is 2.35. The van der Waals surface area contributed by atoms with Gasteiger partial charge in [-0.2, -0.15) is 0 Å². The van der Waals surface area contributed by atoms with Crippen molar-refractivity contribution in [3.05, 3.63) is 35.5 Å².